The van der Waals surface area contributed by atoms with Crippen molar-refractivity contribution in [3.8, 4) is 5.75 Å². The summed E-state index contributed by atoms with van der Waals surface area (Å²) in [5.74, 6) is 0.618. The minimum absolute atomic E-state index is 0.193. The first-order chi connectivity index (χ1) is 14.2. The van der Waals surface area contributed by atoms with Gasteiger partial charge in [0.15, 0.2) is 0 Å². The highest BCUT2D eigenvalue weighted by Gasteiger charge is 2.30. The number of nitrogens with zero attached hydrogens (tertiary/aromatic N) is 4. The average Bonchev–Trinajstić information content (AvgIpc) is 2.97. The summed E-state index contributed by atoms with van der Waals surface area (Å²) in [7, 11) is -1.72. The number of hydrogen-bond donors (Lipinski definition) is 1. The average molecular weight is 438 g/mol. The maximum atomic E-state index is 12.6. The van der Waals surface area contributed by atoms with Crippen LogP contribution in [0.4, 0.5) is 5.69 Å². The zero-order valence-corrected chi connectivity index (χ0v) is 18.2. The van der Waals surface area contributed by atoms with Crippen LogP contribution < -0.4 is 15.7 Å². The molecule has 1 saturated heterocycles. The molecule has 1 amide bonds. The van der Waals surface area contributed by atoms with Crippen molar-refractivity contribution in [3.05, 3.63) is 40.6 Å². The van der Waals surface area contributed by atoms with Crippen molar-refractivity contribution in [2.24, 2.45) is 7.05 Å². The summed E-state index contributed by atoms with van der Waals surface area (Å²) in [6, 6.07) is 6.94. The summed E-state index contributed by atoms with van der Waals surface area (Å²) in [4.78, 5) is 24.9. The van der Waals surface area contributed by atoms with E-state index in [4.69, 9.17) is 4.74 Å². The van der Waals surface area contributed by atoms with E-state index >= 15 is 0 Å². The zero-order valence-electron chi connectivity index (χ0n) is 17.4. The molecular weight excluding hydrogens is 410 g/mol. The Labute approximate surface area is 175 Å². The van der Waals surface area contributed by atoms with Crippen molar-refractivity contribution in [2.75, 3.05) is 31.3 Å². The van der Waals surface area contributed by atoms with E-state index in [1.165, 1.54) is 15.1 Å². The third kappa shape index (κ3) is 5.08. The van der Waals surface area contributed by atoms with Gasteiger partial charge in [0.2, 0.25) is 15.9 Å². The van der Waals surface area contributed by atoms with E-state index in [1.54, 1.807) is 31.3 Å². The summed E-state index contributed by atoms with van der Waals surface area (Å²) in [6.45, 7) is 2.96. The summed E-state index contributed by atoms with van der Waals surface area (Å²) < 4.78 is 33.0. The Kier molecular flexibility index (Phi) is 6.61. The highest BCUT2D eigenvalue weighted by Crippen LogP contribution is 2.26. The zero-order chi connectivity index (χ0) is 21.9. The van der Waals surface area contributed by atoms with Gasteiger partial charge in [-0.3, -0.25) is 9.36 Å². The fraction of sp³-hybridized carbons (Fsp3) is 0.526. The number of carbonyl (C=O) groups excluding carboxylic acids is 1. The van der Waals surface area contributed by atoms with Crippen molar-refractivity contribution in [2.45, 2.75) is 32.2 Å². The Hall–Kier alpha value is -2.66. The van der Waals surface area contributed by atoms with Crippen LogP contribution in [0.15, 0.2) is 29.1 Å². The molecule has 0 radical (unpaired) electrons. The van der Waals surface area contributed by atoms with E-state index in [-0.39, 0.29) is 24.9 Å². The van der Waals surface area contributed by atoms with Gasteiger partial charge >= 0.3 is 5.69 Å². The van der Waals surface area contributed by atoms with Gasteiger partial charge in [-0.25, -0.2) is 22.2 Å². The van der Waals surface area contributed by atoms with Gasteiger partial charge in [0.25, 0.3) is 0 Å². The van der Waals surface area contributed by atoms with E-state index < -0.39 is 15.7 Å². The van der Waals surface area contributed by atoms with Crippen LogP contribution >= 0.6 is 0 Å². The molecule has 164 valence electrons. The Balaban J connectivity index is 1.70. The molecule has 1 aliphatic rings. The Bertz CT molecular complexity index is 1060. The molecule has 30 heavy (non-hydrogen) atoms. The third-order valence-corrected chi connectivity index (χ3v) is 6.30. The van der Waals surface area contributed by atoms with E-state index in [0.29, 0.717) is 36.8 Å². The van der Waals surface area contributed by atoms with Crippen LogP contribution in [-0.2, 0) is 28.4 Å². The van der Waals surface area contributed by atoms with Crippen molar-refractivity contribution in [3.63, 3.8) is 0 Å². The lowest BCUT2D eigenvalue weighted by atomic mass is 9.99. The number of rotatable bonds is 7. The number of ether oxygens (including phenoxy) is 1. The molecule has 1 aromatic carbocycles. The number of aromatic nitrogens is 3. The molecule has 0 spiro atoms. The molecule has 1 fully saturated rings. The van der Waals surface area contributed by atoms with Crippen LogP contribution in [0.5, 0.6) is 5.75 Å². The van der Waals surface area contributed by atoms with Crippen LogP contribution in [0.2, 0.25) is 0 Å². The lowest BCUT2D eigenvalue weighted by Crippen LogP contribution is -2.39. The molecule has 3 rings (SSSR count). The minimum atomic E-state index is -3.31. The van der Waals surface area contributed by atoms with E-state index in [2.05, 4.69) is 10.4 Å². The monoisotopic (exact) mass is 437 g/mol. The molecule has 2 aromatic rings. The molecule has 0 unspecified atom stereocenters. The third-order valence-electron chi connectivity index (χ3n) is 5.04. The molecule has 1 aromatic heterocycles. The number of piperidine rings is 1. The fourth-order valence-corrected chi connectivity index (χ4v) is 4.47. The van der Waals surface area contributed by atoms with E-state index in [1.807, 2.05) is 6.92 Å². The SMILES string of the molecule is CCOc1ccc(NC(=O)Cn2nc([C@@H]3CCCN(S(C)(=O)=O)C3)n(C)c2=O)cc1. The number of benzene rings is 1. The number of amides is 1. The smallest absolute Gasteiger partial charge is 0.346 e. The van der Waals surface area contributed by atoms with E-state index in [9.17, 15) is 18.0 Å². The maximum Gasteiger partial charge on any atom is 0.346 e. The number of sulfonamides is 1. The van der Waals surface area contributed by atoms with Crippen LogP contribution in [0.3, 0.4) is 0 Å². The summed E-state index contributed by atoms with van der Waals surface area (Å²) >= 11 is 0. The maximum absolute atomic E-state index is 12.6. The molecule has 0 aliphatic carbocycles. The normalized spacial score (nSPS) is 17.6. The minimum Gasteiger partial charge on any atom is -0.494 e. The summed E-state index contributed by atoms with van der Waals surface area (Å²) in [5, 5.41) is 7.07. The number of hydrogen-bond acceptors (Lipinski definition) is 6. The lowest BCUT2D eigenvalue weighted by molar-refractivity contribution is -0.117. The second kappa shape index (κ2) is 9.00. The van der Waals surface area contributed by atoms with Gasteiger partial charge in [-0.1, -0.05) is 0 Å². The van der Waals surface area contributed by atoms with Gasteiger partial charge in [-0.15, -0.1) is 0 Å². The molecule has 0 bridgehead atoms. The highest BCUT2D eigenvalue weighted by molar-refractivity contribution is 7.88. The molecule has 10 nitrogen and oxygen atoms in total. The summed E-state index contributed by atoms with van der Waals surface area (Å²) in [5.41, 5.74) is 0.173. The topological polar surface area (TPSA) is 116 Å². The second-order valence-corrected chi connectivity index (χ2v) is 9.31. The van der Waals surface area contributed by atoms with Crippen LogP contribution in [0.25, 0.3) is 0 Å². The van der Waals surface area contributed by atoms with Crippen LogP contribution in [0, 0.1) is 0 Å². The Morgan fingerprint density at radius 2 is 2.00 bits per heavy atom. The predicted molar refractivity (Wildman–Crippen MR) is 112 cm³/mol. The standard InChI is InChI=1S/C19H27N5O5S/c1-4-29-16-9-7-15(8-10-16)20-17(25)13-24-19(26)22(2)18(21-24)14-6-5-11-23(12-14)30(3,27)28/h7-10,14H,4-6,11-13H2,1-3H3,(H,20,25)/t14-/m1/s1. The van der Waals surface area contributed by atoms with Crippen molar-refractivity contribution >= 4 is 21.6 Å². The number of anilines is 1. The first kappa shape index (κ1) is 22.0. The molecular formula is C19H27N5O5S. The number of nitrogens with one attached hydrogen (secondary N) is 1. The first-order valence-corrected chi connectivity index (χ1v) is 11.7. The molecule has 1 N–H and O–H groups in total. The molecule has 2 heterocycles. The molecule has 11 heteroatoms. The Morgan fingerprint density at radius 3 is 2.63 bits per heavy atom. The largest absolute Gasteiger partial charge is 0.494 e. The summed E-state index contributed by atoms with van der Waals surface area (Å²) in [6.07, 6.45) is 2.60. The van der Waals surface area contributed by atoms with E-state index in [0.717, 1.165) is 11.1 Å². The van der Waals surface area contributed by atoms with Gasteiger partial charge in [0, 0.05) is 31.7 Å². The van der Waals surface area contributed by atoms with Gasteiger partial charge in [0.1, 0.15) is 18.1 Å². The molecule has 1 aliphatic heterocycles. The first-order valence-electron chi connectivity index (χ1n) is 9.80. The van der Waals surface area contributed by atoms with Crippen molar-refractivity contribution in [1.82, 2.24) is 18.7 Å². The second-order valence-electron chi connectivity index (χ2n) is 7.32. The van der Waals surface area contributed by atoms with Gasteiger partial charge in [-0.05, 0) is 44.0 Å². The van der Waals surface area contributed by atoms with Gasteiger partial charge in [-0.2, -0.15) is 5.10 Å². The Morgan fingerprint density at radius 1 is 1.30 bits per heavy atom. The van der Waals surface area contributed by atoms with Crippen molar-refractivity contribution < 1.29 is 17.9 Å². The van der Waals surface area contributed by atoms with Gasteiger partial charge in [0.05, 0.1) is 12.9 Å². The quantitative estimate of drug-likeness (QED) is 0.684. The fourth-order valence-electron chi connectivity index (χ4n) is 3.56. The number of carbonyl (C=O) groups is 1. The lowest BCUT2D eigenvalue weighted by Gasteiger charge is -2.30. The predicted octanol–water partition coefficient (Wildman–Crippen LogP) is 0.758. The van der Waals surface area contributed by atoms with Crippen LogP contribution in [0.1, 0.15) is 31.5 Å². The highest BCUT2D eigenvalue weighted by atomic mass is 32.2. The van der Waals surface area contributed by atoms with Crippen LogP contribution in [-0.4, -0.2) is 58.9 Å². The van der Waals surface area contributed by atoms with Crippen molar-refractivity contribution in [1.29, 1.82) is 0 Å². The molecule has 1 atom stereocenters. The van der Waals surface area contributed by atoms with Gasteiger partial charge < -0.3 is 10.1 Å². The molecule has 0 saturated carbocycles.